The maximum atomic E-state index is 12.7. The van der Waals surface area contributed by atoms with Gasteiger partial charge in [-0.15, -0.1) is 0 Å². The molecule has 1 heterocycles. The zero-order chi connectivity index (χ0) is 19.0. The summed E-state index contributed by atoms with van der Waals surface area (Å²) < 4.78 is 5.59. The molecule has 0 amide bonds. The minimum atomic E-state index is -0.553. The Morgan fingerprint density at radius 1 is 1.08 bits per heavy atom. The van der Waals surface area contributed by atoms with E-state index in [9.17, 15) is 4.79 Å². The van der Waals surface area contributed by atoms with Gasteiger partial charge in [0.2, 0.25) is 0 Å². The normalized spacial score (nSPS) is 18.5. The lowest BCUT2D eigenvalue weighted by Gasteiger charge is -2.32. The van der Waals surface area contributed by atoms with Gasteiger partial charge in [-0.2, -0.15) is 0 Å². The van der Waals surface area contributed by atoms with Crippen LogP contribution in [0.25, 0.3) is 0 Å². The fourth-order valence-electron chi connectivity index (χ4n) is 2.72. The standard InChI is InChI=1S/C20H28N2O2S/c1-12-15(17(23)24-20(5,6)7)16(22-18(25)21-12)13-8-10-14(11-9-13)19(2,3)4/h8-11,16H,1-7H3,(H2,21,22,25). The van der Waals surface area contributed by atoms with Crippen LogP contribution in [0.15, 0.2) is 35.5 Å². The van der Waals surface area contributed by atoms with Crippen molar-refractivity contribution in [3.05, 3.63) is 46.7 Å². The van der Waals surface area contributed by atoms with Gasteiger partial charge < -0.3 is 15.4 Å². The molecule has 1 unspecified atom stereocenters. The number of hydrogen-bond donors (Lipinski definition) is 2. The maximum Gasteiger partial charge on any atom is 0.338 e. The number of ether oxygens (including phenoxy) is 1. The van der Waals surface area contributed by atoms with Crippen molar-refractivity contribution in [2.45, 2.75) is 65.5 Å². The van der Waals surface area contributed by atoms with Crippen molar-refractivity contribution in [2.75, 3.05) is 0 Å². The highest BCUT2D eigenvalue weighted by Gasteiger charge is 2.33. The molecule has 2 rings (SSSR count). The highest BCUT2D eigenvalue weighted by atomic mass is 32.1. The summed E-state index contributed by atoms with van der Waals surface area (Å²) in [7, 11) is 0. The van der Waals surface area contributed by atoms with E-state index in [1.54, 1.807) is 0 Å². The number of carbonyl (C=O) groups excluding carboxylic acids is 1. The van der Waals surface area contributed by atoms with Crippen LogP contribution in [-0.2, 0) is 14.9 Å². The molecule has 0 fully saturated rings. The van der Waals surface area contributed by atoms with E-state index in [1.165, 1.54) is 5.56 Å². The second-order valence-electron chi connectivity index (χ2n) is 8.44. The van der Waals surface area contributed by atoms with Crippen molar-refractivity contribution in [1.82, 2.24) is 10.6 Å². The molecule has 1 aliphatic heterocycles. The lowest BCUT2D eigenvalue weighted by Crippen LogP contribution is -2.45. The Bertz CT molecular complexity index is 707. The summed E-state index contributed by atoms with van der Waals surface area (Å²) in [5.41, 5.74) is 3.04. The molecule has 5 heteroatoms. The monoisotopic (exact) mass is 360 g/mol. The number of nitrogens with one attached hydrogen (secondary N) is 2. The minimum Gasteiger partial charge on any atom is -0.456 e. The highest BCUT2D eigenvalue weighted by molar-refractivity contribution is 7.80. The number of benzene rings is 1. The third-order valence-electron chi connectivity index (χ3n) is 4.00. The molecule has 0 radical (unpaired) electrons. The average Bonchev–Trinajstić information content (AvgIpc) is 2.43. The Morgan fingerprint density at radius 3 is 2.12 bits per heavy atom. The predicted molar refractivity (Wildman–Crippen MR) is 105 cm³/mol. The fourth-order valence-corrected chi connectivity index (χ4v) is 2.99. The first-order valence-corrected chi connectivity index (χ1v) is 8.91. The van der Waals surface area contributed by atoms with Gasteiger partial charge >= 0.3 is 5.97 Å². The molecule has 1 aromatic carbocycles. The molecular weight excluding hydrogens is 332 g/mol. The summed E-state index contributed by atoms with van der Waals surface area (Å²) in [5.74, 6) is -0.336. The first-order chi connectivity index (χ1) is 11.4. The molecule has 0 saturated carbocycles. The van der Waals surface area contributed by atoms with Crippen LogP contribution < -0.4 is 10.6 Å². The Kier molecular flexibility index (Phi) is 5.28. The molecule has 4 nitrogen and oxygen atoms in total. The molecule has 0 spiro atoms. The summed E-state index contributed by atoms with van der Waals surface area (Å²) in [6.07, 6.45) is 0. The summed E-state index contributed by atoms with van der Waals surface area (Å²) in [5, 5.41) is 6.74. The minimum absolute atomic E-state index is 0.0785. The summed E-state index contributed by atoms with van der Waals surface area (Å²) in [6.45, 7) is 14.0. The summed E-state index contributed by atoms with van der Waals surface area (Å²) in [4.78, 5) is 12.7. The largest absolute Gasteiger partial charge is 0.456 e. The first kappa shape index (κ1) is 19.4. The third kappa shape index (κ3) is 4.82. The second-order valence-corrected chi connectivity index (χ2v) is 8.85. The molecule has 1 aromatic rings. The molecule has 0 aliphatic carbocycles. The zero-order valence-corrected chi connectivity index (χ0v) is 16.9. The van der Waals surface area contributed by atoms with Gasteiger partial charge in [-0.1, -0.05) is 45.0 Å². The van der Waals surface area contributed by atoms with E-state index in [0.717, 1.165) is 11.3 Å². The topological polar surface area (TPSA) is 50.4 Å². The maximum absolute atomic E-state index is 12.7. The van der Waals surface area contributed by atoms with Crippen LogP contribution in [0, 0.1) is 0 Å². The number of hydrogen-bond acceptors (Lipinski definition) is 3. The van der Waals surface area contributed by atoms with Crippen LogP contribution in [0.1, 0.15) is 65.6 Å². The van der Waals surface area contributed by atoms with Gasteiger partial charge in [0.15, 0.2) is 5.11 Å². The molecular formula is C20H28N2O2S. The smallest absolute Gasteiger partial charge is 0.338 e. The fraction of sp³-hybridized carbons (Fsp3) is 0.500. The zero-order valence-electron chi connectivity index (χ0n) is 16.1. The predicted octanol–water partition coefficient (Wildman–Crippen LogP) is 4.12. The second kappa shape index (κ2) is 6.79. The van der Waals surface area contributed by atoms with Gasteiger partial charge in [0.1, 0.15) is 5.60 Å². The molecule has 0 saturated heterocycles. The van der Waals surface area contributed by atoms with E-state index < -0.39 is 5.60 Å². The van der Waals surface area contributed by atoms with Gasteiger partial charge in [-0.05, 0) is 56.5 Å². The molecule has 2 N–H and O–H groups in total. The lowest BCUT2D eigenvalue weighted by molar-refractivity contribution is -0.150. The van der Waals surface area contributed by atoms with Crippen molar-refractivity contribution in [2.24, 2.45) is 0 Å². The van der Waals surface area contributed by atoms with Gasteiger partial charge in [0.25, 0.3) is 0 Å². The van der Waals surface area contributed by atoms with Crippen LogP contribution in [0.4, 0.5) is 0 Å². The number of carbonyl (C=O) groups is 1. The molecule has 25 heavy (non-hydrogen) atoms. The van der Waals surface area contributed by atoms with Crippen molar-refractivity contribution >= 4 is 23.3 Å². The van der Waals surface area contributed by atoms with Crippen LogP contribution >= 0.6 is 12.2 Å². The van der Waals surface area contributed by atoms with Gasteiger partial charge in [-0.3, -0.25) is 0 Å². The first-order valence-electron chi connectivity index (χ1n) is 8.50. The van der Waals surface area contributed by atoms with Gasteiger partial charge in [0, 0.05) is 5.70 Å². The van der Waals surface area contributed by atoms with Crippen LogP contribution in [-0.4, -0.2) is 16.7 Å². The van der Waals surface area contributed by atoms with E-state index in [-0.39, 0.29) is 17.4 Å². The molecule has 1 aliphatic rings. The van der Waals surface area contributed by atoms with Crippen molar-refractivity contribution < 1.29 is 9.53 Å². The molecule has 0 aromatic heterocycles. The molecule has 1 atom stereocenters. The quantitative estimate of drug-likeness (QED) is 0.614. The number of thiocarbonyl (C=S) groups is 1. The number of rotatable bonds is 2. The SMILES string of the molecule is CC1=C(C(=O)OC(C)(C)C)C(c2ccc(C(C)(C)C)cc2)NC(=S)N1. The Morgan fingerprint density at radius 2 is 1.64 bits per heavy atom. The molecule has 136 valence electrons. The molecule has 0 bridgehead atoms. The van der Waals surface area contributed by atoms with E-state index >= 15 is 0 Å². The third-order valence-corrected chi connectivity index (χ3v) is 4.22. The van der Waals surface area contributed by atoms with E-state index in [1.807, 2.05) is 39.8 Å². The van der Waals surface area contributed by atoms with E-state index in [4.69, 9.17) is 17.0 Å². The van der Waals surface area contributed by atoms with Gasteiger partial charge in [0.05, 0.1) is 11.6 Å². The Hall–Kier alpha value is -1.88. The summed E-state index contributed by atoms with van der Waals surface area (Å²) >= 11 is 5.29. The van der Waals surface area contributed by atoms with E-state index in [2.05, 4.69) is 43.5 Å². The lowest BCUT2D eigenvalue weighted by atomic mass is 9.85. The van der Waals surface area contributed by atoms with Crippen LogP contribution in [0.2, 0.25) is 0 Å². The summed E-state index contributed by atoms with van der Waals surface area (Å²) in [6, 6.07) is 7.97. The highest BCUT2D eigenvalue weighted by Crippen LogP contribution is 2.31. The Balaban J connectivity index is 2.40. The van der Waals surface area contributed by atoms with E-state index in [0.29, 0.717) is 10.7 Å². The van der Waals surface area contributed by atoms with Crippen LogP contribution in [0.5, 0.6) is 0 Å². The number of allylic oxidation sites excluding steroid dienone is 1. The Labute approximate surface area is 156 Å². The van der Waals surface area contributed by atoms with Crippen LogP contribution in [0.3, 0.4) is 0 Å². The van der Waals surface area contributed by atoms with Gasteiger partial charge in [-0.25, -0.2) is 4.79 Å². The number of esters is 1. The van der Waals surface area contributed by atoms with Crippen molar-refractivity contribution in [3.8, 4) is 0 Å². The van der Waals surface area contributed by atoms with Crippen molar-refractivity contribution in [3.63, 3.8) is 0 Å². The van der Waals surface area contributed by atoms with Crippen molar-refractivity contribution in [1.29, 1.82) is 0 Å². The average molecular weight is 361 g/mol.